The van der Waals surface area contributed by atoms with Gasteiger partial charge in [-0.3, -0.25) is 9.59 Å². The van der Waals surface area contributed by atoms with Gasteiger partial charge in [0.2, 0.25) is 5.91 Å². The number of rotatable bonds is 9. The first-order valence-corrected chi connectivity index (χ1v) is 11.9. The average molecular weight is 448 g/mol. The molecule has 0 aliphatic heterocycles. The van der Waals surface area contributed by atoms with Crippen molar-refractivity contribution in [2.75, 3.05) is 0 Å². The first kappa shape index (κ1) is 23.5. The van der Waals surface area contributed by atoms with Gasteiger partial charge < -0.3 is 10.3 Å². The van der Waals surface area contributed by atoms with Gasteiger partial charge >= 0.3 is 0 Å². The zero-order valence-corrected chi connectivity index (χ0v) is 19.6. The first-order valence-electron chi connectivity index (χ1n) is 11.0. The Balaban J connectivity index is 1.75. The third kappa shape index (κ3) is 5.54. The van der Waals surface area contributed by atoms with Crippen molar-refractivity contribution in [3.8, 4) is 6.07 Å². The zero-order chi connectivity index (χ0) is 23.1. The molecule has 3 rings (SSSR count). The summed E-state index contributed by atoms with van der Waals surface area (Å²) < 4.78 is 0. The van der Waals surface area contributed by atoms with Crippen LogP contribution in [-0.4, -0.2) is 10.9 Å². The summed E-state index contributed by atoms with van der Waals surface area (Å²) in [6.07, 6.45) is 4.13. The number of unbranched alkanes of at least 4 members (excludes halogenated alkanes) is 1. The van der Waals surface area contributed by atoms with Crippen LogP contribution in [0.1, 0.15) is 70.6 Å². The van der Waals surface area contributed by atoms with Gasteiger partial charge in [0, 0.05) is 17.0 Å². The summed E-state index contributed by atoms with van der Waals surface area (Å²) in [6, 6.07) is 14.3. The van der Waals surface area contributed by atoms with Gasteiger partial charge in [-0.25, -0.2) is 0 Å². The minimum atomic E-state index is -0.379. The lowest BCUT2D eigenvalue weighted by Crippen LogP contribution is -2.29. The van der Waals surface area contributed by atoms with Gasteiger partial charge in [-0.2, -0.15) is 5.26 Å². The molecule has 2 N–H and O–H groups in total. The lowest BCUT2D eigenvalue weighted by molar-refractivity contribution is -0.121. The Morgan fingerprint density at radius 1 is 1.19 bits per heavy atom. The Kier molecular flexibility index (Phi) is 8.02. The topological polar surface area (TPSA) is 85.8 Å². The van der Waals surface area contributed by atoms with Crippen LogP contribution in [0.5, 0.6) is 0 Å². The number of nitrogens with one attached hydrogen (secondary N) is 2. The van der Waals surface area contributed by atoms with Crippen molar-refractivity contribution in [2.24, 2.45) is 0 Å². The summed E-state index contributed by atoms with van der Waals surface area (Å²) >= 11 is 1.62. The normalized spacial score (nSPS) is 11.7. The van der Waals surface area contributed by atoms with Gasteiger partial charge in [-0.15, -0.1) is 11.3 Å². The second-order valence-corrected chi connectivity index (χ2v) is 9.01. The van der Waals surface area contributed by atoms with Crippen LogP contribution in [0.25, 0.3) is 0 Å². The SMILES string of the molecule is CCCCc1ccc(C(NC(=O)CCc2c(C)[nH]c(=O)c(C#N)c2C)c2cccs2)cc1. The number of nitriles is 1. The molecule has 1 atom stereocenters. The van der Waals surface area contributed by atoms with Gasteiger partial charge in [0.15, 0.2) is 0 Å². The number of aryl methyl sites for hydroxylation is 2. The van der Waals surface area contributed by atoms with Crippen LogP contribution in [0.3, 0.4) is 0 Å². The highest BCUT2D eigenvalue weighted by Gasteiger charge is 2.19. The van der Waals surface area contributed by atoms with Crippen LogP contribution in [-0.2, 0) is 17.6 Å². The molecule has 32 heavy (non-hydrogen) atoms. The van der Waals surface area contributed by atoms with E-state index in [0.717, 1.165) is 22.4 Å². The van der Waals surface area contributed by atoms with Crippen molar-refractivity contribution in [3.63, 3.8) is 0 Å². The third-order valence-electron chi connectivity index (χ3n) is 5.79. The number of benzene rings is 1. The molecule has 0 saturated heterocycles. The molecule has 1 unspecified atom stereocenters. The smallest absolute Gasteiger partial charge is 0.266 e. The van der Waals surface area contributed by atoms with Crippen molar-refractivity contribution < 1.29 is 4.79 Å². The van der Waals surface area contributed by atoms with Crippen LogP contribution >= 0.6 is 11.3 Å². The van der Waals surface area contributed by atoms with E-state index in [-0.39, 0.29) is 29.5 Å². The molecule has 1 amide bonds. The molecule has 0 aliphatic carbocycles. The van der Waals surface area contributed by atoms with Crippen LogP contribution < -0.4 is 10.9 Å². The number of aromatic amines is 1. The van der Waals surface area contributed by atoms with Gasteiger partial charge in [0.05, 0.1) is 6.04 Å². The average Bonchev–Trinajstić information content (AvgIpc) is 3.31. The van der Waals surface area contributed by atoms with Gasteiger partial charge in [0.25, 0.3) is 5.56 Å². The Morgan fingerprint density at radius 2 is 1.94 bits per heavy atom. The summed E-state index contributed by atoms with van der Waals surface area (Å²) in [5.74, 6) is -0.0676. The number of carbonyl (C=O) groups excluding carboxylic acids is 1. The molecule has 2 heterocycles. The fourth-order valence-corrected chi connectivity index (χ4v) is 4.73. The van der Waals surface area contributed by atoms with Crippen LogP contribution in [0.4, 0.5) is 0 Å². The van der Waals surface area contributed by atoms with Crippen molar-refractivity contribution >= 4 is 17.2 Å². The summed E-state index contributed by atoms with van der Waals surface area (Å²) in [7, 11) is 0. The fraction of sp³-hybridized carbons (Fsp3) is 0.346. The van der Waals surface area contributed by atoms with Crippen molar-refractivity contribution in [2.45, 2.75) is 58.9 Å². The molecule has 0 bridgehead atoms. The second kappa shape index (κ2) is 10.9. The number of H-pyrrole nitrogens is 1. The highest BCUT2D eigenvalue weighted by atomic mass is 32.1. The van der Waals surface area contributed by atoms with E-state index in [1.54, 1.807) is 25.2 Å². The summed E-state index contributed by atoms with van der Waals surface area (Å²) in [4.78, 5) is 28.7. The third-order valence-corrected chi connectivity index (χ3v) is 6.72. The number of aromatic nitrogens is 1. The molecule has 5 nitrogen and oxygen atoms in total. The summed E-state index contributed by atoms with van der Waals surface area (Å²) in [5, 5.41) is 14.5. The Labute approximate surface area is 193 Å². The highest BCUT2D eigenvalue weighted by Crippen LogP contribution is 2.27. The molecule has 166 valence electrons. The molecule has 0 aliphatic rings. The maximum atomic E-state index is 12.9. The van der Waals surface area contributed by atoms with E-state index in [1.165, 1.54) is 18.4 Å². The van der Waals surface area contributed by atoms with E-state index >= 15 is 0 Å². The van der Waals surface area contributed by atoms with Gasteiger partial charge in [0.1, 0.15) is 11.6 Å². The molecule has 1 aromatic carbocycles. The quantitative estimate of drug-likeness (QED) is 0.478. The number of hydrogen-bond donors (Lipinski definition) is 2. The number of pyridine rings is 1. The summed E-state index contributed by atoms with van der Waals surface area (Å²) in [5.41, 5.74) is 4.31. The lowest BCUT2D eigenvalue weighted by atomic mass is 9.98. The van der Waals surface area contributed by atoms with E-state index < -0.39 is 0 Å². The van der Waals surface area contributed by atoms with Gasteiger partial charge in [-0.1, -0.05) is 43.7 Å². The molecule has 0 radical (unpaired) electrons. The molecule has 0 spiro atoms. The number of thiophene rings is 1. The predicted molar refractivity (Wildman–Crippen MR) is 129 cm³/mol. The number of carbonyl (C=O) groups is 1. The molecule has 0 fully saturated rings. The number of amides is 1. The number of hydrogen-bond acceptors (Lipinski definition) is 4. The molecular formula is C26H29N3O2S. The van der Waals surface area contributed by atoms with E-state index in [4.69, 9.17) is 0 Å². The van der Waals surface area contributed by atoms with Crippen LogP contribution in [0.2, 0.25) is 0 Å². The summed E-state index contributed by atoms with van der Waals surface area (Å²) in [6.45, 7) is 5.76. The highest BCUT2D eigenvalue weighted by molar-refractivity contribution is 7.10. The molecule has 2 aromatic heterocycles. The Morgan fingerprint density at radius 3 is 2.56 bits per heavy atom. The minimum absolute atomic E-state index is 0.0676. The predicted octanol–water partition coefficient (Wildman–Crippen LogP) is 5.11. The van der Waals surface area contributed by atoms with Crippen molar-refractivity contribution in [1.29, 1.82) is 5.26 Å². The maximum Gasteiger partial charge on any atom is 0.266 e. The van der Waals surface area contributed by atoms with E-state index in [0.29, 0.717) is 17.7 Å². The fourth-order valence-electron chi connectivity index (χ4n) is 3.92. The number of nitrogens with zero attached hydrogens (tertiary/aromatic N) is 1. The Hall–Kier alpha value is -3.17. The first-order chi connectivity index (χ1) is 15.4. The second-order valence-electron chi connectivity index (χ2n) is 8.03. The molecule has 0 saturated carbocycles. The monoisotopic (exact) mass is 447 g/mol. The van der Waals surface area contributed by atoms with E-state index in [1.807, 2.05) is 23.6 Å². The Bertz CT molecular complexity index is 1160. The molecular weight excluding hydrogens is 418 g/mol. The molecule has 3 aromatic rings. The largest absolute Gasteiger partial charge is 0.344 e. The standard InChI is InChI=1S/C26H29N3O2S/c1-4-5-7-19-9-11-20(12-10-19)25(23-8-6-15-32-23)29-24(30)14-13-21-17(2)22(16-27)26(31)28-18(21)3/h6,8-12,15,25H,4-5,7,13-14H2,1-3H3,(H,28,31)(H,29,30). The van der Waals surface area contributed by atoms with Crippen molar-refractivity contribution in [3.05, 3.63) is 90.5 Å². The van der Waals surface area contributed by atoms with Crippen LogP contribution in [0.15, 0.2) is 46.6 Å². The maximum absolute atomic E-state index is 12.9. The minimum Gasteiger partial charge on any atom is -0.344 e. The van der Waals surface area contributed by atoms with E-state index in [9.17, 15) is 14.9 Å². The van der Waals surface area contributed by atoms with Crippen molar-refractivity contribution in [1.82, 2.24) is 10.3 Å². The lowest BCUT2D eigenvalue weighted by Gasteiger charge is -2.19. The van der Waals surface area contributed by atoms with Crippen LogP contribution in [0, 0.1) is 25.2 Å². The van der Waals surface area contributed by atoms with E-state index in [2.05, 4.69) is 41.5 Å². The zero-order valence-electron chi connectivity index (χ0n) is 18.8. The molecule has 6 heteroatoms. The van der Waals surface area contributed by atoms with Gasteiger partial charge in [-0.05, 0) is 66.8 Å².